The van der Waals surface area contributed by atoms with Crippen molar-refractivity contribution in [3.63, 3.8) is 0 Å². The van der Waals surface area contributed by atoms with Gasteiger partial charge in [-0.25, -0.2) is 0 Å². The third-order valence-electron chi connectivity index (χ3n) is 2.86. The molecule has 0 unspecified atom stereocenters. The van der Waals surface area contributed by atoms with E-state index in [1.807, 2.05) is 6.20 Å². The van der Waals surface area contributed by atoms with Gasteiger partial charge in [-0.2, -0.15) is 15.0 Å². The lowest BCUT2D eigenvalue weighted by molar-refractivity contribution is 0.467. The monoisotopic (exact) mass is 243 g/mol. The zero-order valence-corrected chi connectivity index (χ0v) is 11.6. The Bertz CT molecular complexity index is 495. The number of hydrogen-bond donors (Lipinski definition) is 0. The molecule has 0 spiro atoms. The van der Waals surface area contributed by atoms with Gasteiger partial charge in [0.25, 0.3) is 0 Å². The van der Waals surface area contributed by atoms with E-state index < -0.39 is 0 Å². The summed E-state index contributed by atoms with van der Waals surface area (Å²) in [7, 11) is 0. The van der Waals surface area contributed by atoms with E-state index in [9.17, 15) is 0 Å². The summed E-state index contributed by atoms with van der Waals surface area (Å²) < 4.78 is 0. The van der Waals surface area contributed by atoms with Crippen molar-refractivity contribution in [1.82, 2.24) is 15.0 Å². The standard InChI is InChI=1S/C15H21N3/c1-11(2)9-13-5-7-14(8-6-13)15-10-16-18(17-15)12(3)4/h5-8,10-12H,9H2,1-4H3. The maximum Gasteiger partial charge on any atom is 0.113 e. The fraction of sp³-hybridized carbons (Fsp3) is 0.467. The Morgan fingerprint density at radius 3 is 2.22 bits per heavy atom. The maximum absolute atomic E-state index is 4.48. The van der Waals surface area contributed by atoms with Crippen LogP contribution in [0, 0.1) is 5.92 Å². The molecule has 0 saturated heterocycles. The smallest absolute Gasteiger partial charge is 0.113 e. The summed E-state index contributed by atoms with van der Waals surface area (Å²) in [5, 5.41) is 8.74. The van der Waals surface area contributed by atoms with E-state index in [-0.39, 0.29) is 0 Å². The van der Waals surface area contributed by atoms with Gasteiger partial charge in [0.1, 0.15) is 5.69 Å². The fourth-order valence-electron chi connectivity index (χ4n) is 1.94. The summed E-state index contributed by atoms with van der Waals surface area (Å²) in [4.78, 5) is 1.75. The quantitative estimate of drug-likeness (QED) is 0.819. The van der Waals surface area contributed by atoms with Gasteiger partial charge in [0.2, 0.25) is 0 Å². The zero-order valence-electron chi connectivity index (χ0n) is 11.6. The van der Waals surface area contributed by atoms with E-state index >= 15 is 0 Å². The second kappa shape index (κ2) is 5.34. The van der Waals surface area contributed by atoms with Crippen LogP contribution in [-0.2, 0) is 6.42 Å². The normalized spacial score (nSPS) is 11.4. The Morgan fingerprint density at radius 2 is 1.72 bits per heavy atom. The summed E-state index contributed by atoms with van der Waals surface area (Å²) in [5.74, 6) is 0.692. The van der Waals surface area contributed by atoms with Crippen molar-refractivity contribution in [2.45, 2.75) is 40.2 Å². The average Bonchev–Trinajstić information content (AvgIpc) is 2.78. The van der Waals surface area contributed by atoms with Crippen LogP contribution in [0.25, 0.3) is 11.3 Å². The minimum Gasteiger partial charge on any atom is -0.182 e. The number of rotatable bonds is 4. The van der Waals surface area contributed by atoms with E-state index in [0.29, 0.717) is 12.0 Å². The van der Waals surface area contributed by atoms with Crippen molar-refractivity contribution in [3.05, 3.63) is 36.0 Å². The lowest BCUT2D eigenvalue weighted by Crippen LogP contribution is -2.04. The number of hydrogen-bond acceptors (Lipinski definition) is 2. The molecule has 1 aromatic heterocycles. The molecule has 2 aromatic rings. The lowest BCUT2D eigenvalue weighted by atomic mass is 10.0. The molecule has 3 nitrogen and oxygen atoms in total. The molecule has 96 valence electrons. The highest BCUT2D eigenvalue weighted by atomic mass is 15.5. The second-order valence-electron chi connectivity index (χ2n) is 5.44. The van der Waals surface area contributed by atoms with E-state index in [2.05, 4.69) is 62.2 Å². The molecule has 2 rings (SSSR count). The van der Waals surface area contributed by atoms with Crippen molar-refractivity contribution in [2.75, 3.05) is 0 Å². The van der Waals surface area contributed by atoms with Gasteiger partial charge in [-0.3, -0.25) is 0 Å². The van der Waals surface area contributed by atoms with Gasteiger partial charge in [0, 0.05) is 5.56 Å². The van der Waals surface area contributed by atoms with Crippen LogP contribution in [0.3, 0.4) is 0 Å². The highest BCUT2D eigenvalue weighted by Crippen LogP contribution is 2.18. The summed E-state index contributed by atoms with van der Waals surface area (Å²) in [5.41, 5.74) is 3.46. The summed E-state index contributed by atoms with van der Waals surface area (Å²) >= 11 is 0. The predicted molar refractivity (Wildman–Crippen MR) is 74.4 cm³/mol. The van der Waals surface area contributed by atoms with Crippen LogP contribution in [0.15, 0.2) is 30.5 Å². The molecule has 0 atom stereocenters. The Kier molecular flexibility index (Phi) is 3.80. The third kappa shape index (κ3) is 2.97. The fourth-order valence-corrected chi connectivity index (χ4v) is 1.94. The van der Waals surface area contributed by atoms with Crippen LogP contribution in [0.5, 0.6) is 0 Å². The third-order valence-corrected chi connectivity index (χ3v) is 2.86. The molecule has 0 amide bonds. The molecular weight excluding hydrogens is 222 g/mol. The van der Waals surface area contributed by atoms with E-state index in [1.54, 1.807) is 4.80 Å². The molecule has 0 fully saturated rings. The van der Waals surface area contributed by atoms with Gasteiger partial charge in [-0.15, -0.1) is 0 Å². The molecule has 0 aliphatic heterocycles. The predicted octanol–water partition coefficient (Wildman–Crippen LogP) is 3.72. The minimum atomic E-state index is 0.305. The number of aromatic nitrogens is 3. The van der Waals surface area contributed by atoms with Gasteiger partial charge < -0.3 is 0 Å². The maximum atomic E-state index is 4.48. The van der Waals surface area contributed by atoms with Crippen LogP contribution in [0.1, 0.15) is 39.3 Å². The van der Waals surface area contributed by atoms with Crippen molar-refractivity contribution < 1.29 is 0 Å². The van der Waals surface area contributed by atoms with E-state index in [1.165, 1.54) is 5.56 Å². The Morgan fingerprint density at radius 1 is 1.06 bits per heavy atom. The van der Waals surface area contributed by atoms with Crippen LogP contribution in [-0.4, -0.2) is 15.0 Å². The molecule has 1 heterocycles. The van der Waals surface area contributed by atoms with Crippen LogP contribution in [0.4, 0.5) is 0 Å². The van der Waals surface area contributed by atoms with E-state index in [0.717, 1.165) is 17.7 Å². The Hall–Kier alpha value is -1.64. The van der Waals surface area contributed by atoms with Crippen LogP contribution >= 0.6 is 0 Å². The first kappa shape index (κ1) is 12.8. The molecule has 1 aromatic carbocycles. The molecule has 0 aliphatic rings. The summed E-state index contributed by atoms with van der Waals surface area (Å²) in [6.07, 6.45) is 2.95. The topological polar surface area (TPSA) is 30.7 Å². The van der Waals surface area contributed by atoms with Gasteiger partial charge in [-0.05, 0) is 31.7 Å². The largest absolute Gasteiger partial charge is 0.182 e. The first-order valence-corrected chi connectivity index (χ1v) is 6.57. The average molecular weight is 243 g/mol. The molecular formula is C15H21N3. The molecule has 0 aliphatic carbocycles. The number of benzene rings is 1. The van der Waals surface area contributed by atoms with Crippen molar-refractivity contribution in [2.24, 2.45) is 5.92 Å². The van der Waals surface area contributed by atoms with Crippen LogP contribution in [0.2, 0.25) is 0 Å². The molecule has 3 heteroatoms. The number of nitrogens with zero attached hydrogens (tertiary/aromatic N) is 3. The molecule has 0 bridgehead atoms. The first-order chi connectivity index (χ1) is 8.56. The van der Waals surface area contributed by atoms with E-state index in [4.69, 9.17) is 0 Å². The van der Waals surface area contributed by atoms with Gasteiger partial charge >= 0.3 is 0 Å². The lowest BCUT2D eigenvalue weighted by Gasteiger charge is -2.05. The summed E-state index contributed by atoms with van der Waals surface area (Å²) in [6.45, 7) is 8.63. The van der Waals surface area contributed by atoms with Crippen LogP contribution < -0.4 is 0 Å². The Labute approximate surface area is 109 Å². The molecule has 18 heavy (non-hydrogen) atoms. The van der Waals surface area contributed by atoms with Crippen molar-refractivity contribution >= 4 is 0 Å². The van der Waals surface area contributed by atoms with Gasteiger partial charge in [0.05, 0.1) is 12.2 Å². The molecule has 0 radical (unpaired) electrons. The molecule has 0 N–H and O–H groups in total. The second-order valence-corrected chi connectivity index (χ2v) is 5.44. The minimum absolute atomic E-state index is 0.305. The summed E-state index contributed by atoms with van der Waals surface area (Å²) in [6, 6.07) is 8.94. The first-order valence-electron chi connectivity index (χ1n) is 6.57. The zero-order chi connectivity index (χ0) is 13.1. The van der Waals surface area contributed by atoms with Gasteiger partial charge in [0.15, 0.2) is 0 Å². The van der Waals surface area contributed by atoms with Crippen molar-refractivity contribution in [1.29, 1.82) is 0 Å². The Balaban J connectivity index is 2.17. The SMILES string of the molecule is CC(C)Cc1ccc(-c2cnn(C(C)C)n2)cc1. The highest BCUT2D eigenvalue weighted by Gasteiger charge is 2.06. The highest BCUT2D eigenvalue weighted by molar-refractivity contribution is 5.57. The van der Waals surface area contributed by atoms with Gasteiger partial charge in [-0.1, -0.05) is 38.1 Å². The van der Waals surface area contributed by atoms with Crippen molar-refractivity contribution in [3.8, 4) is 11.3 Å². The molecule has 0 saturated carbocycles.